The summed E-state index contributed by atoms with van der Waals surface area (Å²) in [5.41, 5.74) is 0. The molecule has 0 radical (unpaired) electrons. The van der Waals surface area contributed by atoms with E-state index in [1.165, 1.54) is 0 Å². The molecule has 0 aliphatic carbocycles. The molecule has 0 aliphatic rings. The van der Waals surface area contributed by atoms with E-state index in [-0.39, 0.29) is 19.6 Å². The van der Waals surface area contributed by atoms with E-state index in [4.69, 9.17) is 45.0 Å². The van der Waals surface area contributed by atoms with Gasteiger partial charge in [-0.15, -0.1) is 0 Å². The summed E-state index contributed by atoms with van der Waals surface area (Å²) in [6, 6.07) is 0. The van der Waals surface area contributed by atoms with Gasteiger partial charge in [0.15, 0.2) is 0 Å². The van der Waals surface area contributed by atoms with Crippen molar-refractivity contribution in [3.63, 3.8) is 0 Å². The maximum absolute atomic E-state index is 9.00. The van der Waals surface area contributed by atoms with Gasteiger partial charge >= 0.3 is 0 Å². The van der Waals surface area contributed by atoms with Crippen LogP contribution in [0.5, 0.6) is 0 Å². The molecule has 9 nitrogen and oxygen atoms in total. The molecule has 0 heterocycles. The first-order valence-corrected chi connectivity index (χ1v) is 4.99. The Labute approximate surface area is 110 Å². The first kappa shape index (κ1) is 26.0. The van der Waals surface area contributed by atoms with Crippen molar-refractivity contribution in [3.05, 3.63) is 0 Å². The van der Waals surface area contributed by atoms with Crippen LogP contribution < -0.4 is 0 Å². The Hall–Kier alpha value is -1.71. The molecule has 19 heavy (non-hydrogen) atoms. The molecule has 9 heteroatoms. The van der Waals surface area contributed by atoms with E-state index in [0.717, 1.165) is 20.8 Å². The largest absolute Gasteiger partial charge is 0.481 e. The summed E-state index contributed by atoms with van der Waals surface area (Å²) >= 11 is 0. The highest BCUT2D eigenvalue weighted by Gasteiger charge is 1.96. The number of carboxylic acids is 3. The van der Waals surface area contributed by atoms with Crippen molar-refractivity contribution in [3.8, 4) is 0 Å². The second-order valence-corrected chi connectivity index (χ2v) is 2.91. The van der Waals surface area contributed by atoms with Gasteiger partial charge in [-0.25, -0.2) is 0 Å². The summed E-state index contributed by atoms with van der Waals surface area (Å²) < 4.78 is 0. The van der Waals surface area contributed by atoms with Gasteiger partial charge in [0, 0.05) is 27.4 Å². The summed E-state index contributed by atoms with van der Waals surface area (Å²) in [5, 5.41) is 46.9. The number of aliphatic hydroxyl groups excluding tert-OH is 3. The van der Waals surface area contributed by atoms with Gasteiger partial charge in [-0.2, -0.15) is 0 Å². The Morgan fingerprint density at radius 1 is 0.842 bits per heavy atom. The molecule has 116 valence electrons. The highest BCUT2D eigenvalue weighted by Crippen LogP contribution is 1.84. The minimum Gasteiger partial charge on any atom is -0.481 e. The first-order chi connectivity index (χ1) is 8.50. The van der Waals surface area contributed by atoms with Crippen molar-refractivity contribution in [2.24, 2.45) is 0 Å². The van der Waals surface area contributed by atoms with Crippen LogP contribution in [0.2, 0.25) is 0 Å². The maximum atomic E-state index is 9.00. The van der Waals surface area contributed by atoms with Crippen LogP contribution in [-0.4, -0.2) is 67.9 Å². The Bertz CT molecular complexity index is 187. The van der Waals surface area contributed by atoms with E-state index in [1.54, 1.807) is 0 Å². The highest BCUT2D eigenvalue weighted by atomic mass is 16.4. The minimum absolute atomic E-state index is 0.0677. The van der Waals surface area contributed by atoms with Gasteiger partial charge in [0.25, 0.3) is 17.9 Å². The summed E-state index contributed by atoms with van der Waals surface area (Å²) in [5.74, 6) is -2.50. The molecule has 0 aliphatic heterocycles. The lowest BCUT2D eigenvalue weighted by atomic mass is 10.3. The number of carbonyl (C=O) groups is 3. The van der Waals surface area contributed by atoms with Crippen molar-refractivity contribution in [1.82, 2.24) is 0 Å². The molecule has 0 aromatic carbocycles. The molecule has 1 unspecified atom stereocenters. The lowest BCUT2D eigenvalue weighted by molar-refractivity contribution is -0.135. The molecule has 0 spiro atoms. The molecule has 0 aromatic rings. The molecule has 0 amide bonds. The van der Waals surface area contributed by atoms with Crippen molar-refractivity contribution < 1.29 is 45.0 Å². The van der Waals surface area contributed by atoms with Crippen LogP contribution in [0.25, 0.3) is 0 Å². The quantitative estimate of drug-likeness (QED) is 0.380. The fourth-order valence-corrected chi connectivity index (χ4v) is 0.240. The molecule has 0 rings (SSSR count). The number of rotatable bonds is 3. The molecule has 0 bridgehead atoms. The summed E-state index contributed by atoms with van der Waals surface area (Å²) in [4.78, 5) is 27.0. The smallest absolute Gasteiger partial charge is 0.300 e. The lowest BCUT2D eigenvalue weighted by Gasteiger charge is -2.00. The Balaban J connectivity index is -0.0000000825. The van der Waals surface area contributed by atoms with Crippen molar-refractivity contribution in [2.75, 3.05) is 13.2 Å². The zero-order chi connectivity index (χ0) is 16.4. The van der Waals surface area contributed by atoms with Gasteiger partial charge in [0.2, 0.25) is 0 Å². The molecule has 0 saturated heterocycles. The summed E-state index contributed by atoms with van der Waals surface area (Å²) in [6.07, 6.45) is -0.485. The third-order valence-corrected chi connectivity index (χ3v) is 0.673. The second-order valence-electron chi connectivity index (χ2n) is 2.91. The Morgan fingerprint density at radius 3 is 1.11 bits per heavy atom. The Kier molecular flexibility index (Phi) is 29.5. The lowest BCUT2D eigenvalue weighted by Crippen LogP contribution is -2.12. The van der Waals surface area contributed by atoms with E-state index in [0.29, 0.717) is 0 Å². The fraction of sp³-hybridized carbons (Fsp3) is 0.700. The van der Waals surface area contributed by atoms with Gasteiger partial charge in [-0.1, -0.05) is 0 Å². The average Bonchev–Trinajstić information content (AvgIpc) is 2.15. The summed E-state index contributed by atoms with van der Waals surface area (Å²) in [7, 11) is 0. The molecule has 0 saturated carbocycles. The normalized spacial score (nSPS) is 9.16. The number of aliphatic hydroxyl groups is 3. The van der Waals surface area contributed by atoms with Crippen molar-refractivity contribution in [1.29, 1.82) is 0 Å². The van der Waals surface area contributed by atoms with Crippen molar-refractivity contribution >= 4 is 17.9 Å². The monoisotopic (exact) mass is 286 g/mol. The van der Waals surface area contributed by atoms with Gasteiger partial charge in [0.1, 0.15) is 0 Å². The predicted octanol–water partition coefficient (Wildman–Crippen LogP) is -1.01. The van der Waals surface area contributed by atoms with Crippen LogP contribution in [0, 0.1) is 0 Å². The molecule has 1 atom stereocenters. The van der Waals surface area contributed by atoms with Crippen LogP contribution in [0.4, 0.5) is 0 Å². The van der Waals surface area contributed by atoms with Crippen LogP contribution >= 0.6 is 0 Å². The molecular weight excluding hydrogens is 264 g/mol. The second kappa shape index (κ2) is 21.6. The SMILES string of the molecule is CC(=O)O.CC(=O)O.CC(=O)O.OCCC(O)CO. The van der Waals surface area contributed by atoms with E-state index in [1.807, 2.05) is 0 Å². The minimum atomic E-state index is -0.833. The van der Waals surface area contributed by atoms with Crippen LogP contribution in [0.1, 0.15) is 27.2 Å². The third kappa shape index (κ3) is 307. The number of carboxylic acid groups (broad SMARTS) is 3. The number of hydrogen-bond donors (Lipinski definition) is 6. The molecular formula is C10H22O9. The maximum Gasteiger partial charge on any atom is 0.300 e. The van der Waals surface area contributed by atoms with Gasteiger partial charge in [-0.05, 0) is 6.42 Å². The van der Waals surface area contributed by atoms with E-state index < -0.39 is 24.0 Å². The van der Waals surface area contributed by atoms with Gasteiger partial charge in [0.05, 0.1) is 12.7 Å². The van der Waals surface area contributed by atoms with Crippen LogP contribution in [0.15, 0.2) is 0 Å². The molecule has 0 fully saturated rings. The van der Waals surface area contributed by atoms with Crippen molar-refractivity contribution in [2.45, 2.75) is 33.3 Å². The molecule has 0 aromatic heterocycles. The Morgan fingerprint density at radius 2 is 1.05 bits per heavy atom. The van der Waals surface area contributed by atoms with Crippen LogP contribution in [-0.2, 0) is 14.4 Å². The highest BCUT2D eigenvalue weighted by molar-refractivity contribution is 5.63. The third-order valence-electron chi connectivity index (χ3n) is 0.673. The van der Waals surface area contributed by atoms with E-state index in [9.17, 15) is 0 Å². The van der Waals surface area contributed by atoms with Gasteiger partial charge in [-0.3, -0.25) is 14.4 Å². The zero-order valence-electron chi connectivity index (χ0n) is 11.1. The number of aliphatic carboxylic acids is 3. The topological polar surface area (TPSA) is 173 Å². The molecule has 6 N–H and O–H groups in total. The number of hydrogen-bond acceptors (Lipinski definition) is 6. The predicted molar refractivity (Wildman–Crippen MR) is 64.7 cm³/mol. The standard InChI is InChI=1S/C4H10O3.3C2H4O2/c5-2-1-4(7)3-6;3*1-2(3)4/h4-7H,1-3H2;3*1H3,(H,3,4). The zero-order valence-corrected chi connectivity index (χ0v) is 11.1. The first-order valence-electron chi connectivity index (χ1n) is 4.99. The summed E-state index contributed by atoms with van der Waals surface area (Å²) in [6.45, 7) is 2.92. The van der Waals surface area contributed by atoms with Crippen LogP contribution in [0.3, 0.4) is 0 Å². The van der Waals surface area contributed by atoms with Gasteiger partial charge < -0.3 is 30.6 Å². The van der Waals surface area contributed by atoms with E-state index >= 15 is 0 Å². The average molecular weight is 286 g/mol. The fourth-order valence-electron chi connectivity index (χ4n) is 0.240. The van der Waals surface area contributed by atoms with E-state index in [2.05, 4.69) is 0 Å².